The first-order valence-electron chi connectivity index (χ1n) is 7.22. The second-order valence-electron chi connectivity index (χ2n) is 5.30. The highest BCUT2D eigenvalue weighted by Gasteiger charge is 2.22. The molecule has 1 fully saturated rings. The van der Waals surface area contributed by atoms with Gasteiger partial charge >= 0.3 is 0 Å². The Morgan fingerprint density at radius 1 is 1.47 bits per heavy atom. The second-order valence-corrected chi connectivity index (χ2v) is 5.30. The summed E-state index contributed by atoms with van der Waals surface area (Å²) in [5, 5.41) is 7.97. The highest BCUT2D eigenvalue weighted by atomic mass is 16.5. The Morgan fingerprint density at radius 2 is 2.37 bits per heavy atom. The van der Waals surface area contributed by atoms with Crippen LogP contribution in [0.2, 0.25) is 0 Å². The molecular weight excluding hydrogens is 240 g/mol. The minimum atomic E-state index is 0.632. The highest BCUT2D eigenvalue weighted by molar-refractivity contribution is 4.99. The Morgan fingerprint density at radius 3 is 3.11 bits per heavy atom. The lowest BCUT2D eigenvalue weighted by atomic mass is 10.0. The van der Waals surface area contributed by atoms with Gasteiger partial charge in [-0.3, -0.25) is 9.58 Å². The van der Waals surface area contributed by atoms with Gasteiger partial charge in [0, 0.05) is 46.0 Å². The zero-order chi connectivity index (χ0) is 13.5. The van der Waals surface area contributed by atoms with Crippen molar-refractivity contribution in [2.45, 2.75) is 31.8 Å². The largest absolute Gasteiger partial charge is 0.383 e. The van der Waals surface area contributed by atoms with Crippen molar-refractivity contribution in [1.29, 1.82) is 0 Å². The summed E-state index contributed by atoms with van der Waals surface area (Å²) in [4.78, 5) is 2.56. The first-order valence-corrected chi connectivity index (χ1v) is 7.22. The predicted octanol–water partition coefficient (Wildman–Crippen LogP) is 1.01. The van der Waals surface area contributed by atoms with Crippen molar-refractivity contribution in [3.63, 3.8) is 0 Å². The van der Waals surface area contributed by atoms with E-state index in [1.807, 2.05) is 17.9 Å². The van der Waals surface area contributed by atoms with Gasteiger partial charge in [-0.2, -0.15) is 5.10 Å². The van der Waals surface area contributed by atoms with E-state index in [0.29, 0.717) is 6.04 Å². The molecular formula is C14H26N4O. The molecule has 0 amide bonds. The molecule has 0 bridgehead atoms. The van der Waals surface area contributed by atoms with Crippen molar-refractivity contribution in [3.8, 4) is 0 Å². The maximum atomic E-state index is 5.07. The van der Waals surface area contributed by atoms with Crippen LogP contribution in [-0.2, 0) is 18.3 Å². The van der Waals surface area contributed by atoms with Crippen molar-refractivity contribution < 1.29 is 4.74 Å². The fourth-order valence-corrected chi connectivity index (χ4v) is 2.70. The number of rotatable bonds is 7. The number of methoxy groups -OCH3 is 1. The summed E-state index contributed by atoms with van der Waals surface area (Å²) in [5.74, 6) is 0. The van der Waals surface area contributed by atoms with E-state index in [9.17, 15) is 0 Å². The number of aromatic nitrogens is 2. The molecule has 5 heteroatoms. The first kappa shape index (κ1) is 14.5. The van der Waals surface area contributed by atoms with Gasteiger partial charge in [0.05, 0.1) is 12.3 Å². The Bertz CT molecular complexity index is 366. The Balaban J connectivity index is 1.81. The van der Waals surface area contributed by atoms with Crippen LogP contribution in [0, 0.1) is 0 Å². The van der Waals surface area contributed by atoms with Crippen molar-refractivity contribution >= 4 is 0 Å². The molecule has 1 aromatic heterocycles. The average molecular weight is 266 g/mol. The third kappa shape index (κ3) is 4.60. The smallest absolute Gasteiger partial charge is 0.0764 e. The van der Waals surface area contributed by atoms with E-state index >= 15 is 0 Å². The molecule has 19 heavy (non-hydrogen) atoms. The third-order valence-corrected chi connectivity index (χ3v) is 3.75. The van der Waals surface area contributed by atoms with E-state index < -0.39 is 0 Å². The zero-order valence-corrected chi connectivity index (χ0v) is 12.1. The van der Waals surface area contributed by atoms with Gasteiger partial charge in [-0.05, 0) is 25.5 Å². The number of ether oxygens (including phenoxy) is 1. The Labute approximate surface area is 115 Å². The van der Waals surface area contributed by atoms with Gasteiger partial charge in [-0.15, -0.1) is 0 Å². The lowest BCUT2D eigenvalue weighted by molar-refractivity contribution is 0.131. The number of nitrogens with zero attached hydrogens (tertiary/aromatic N) is 3. The summed E-state index contributed by atoms with van der Waals surface area (Å²) in [6, 6.07) is 2.75. The molecule has 5 nitrogen and oxygen atoms in total. The van der Waals surface area contributed by atoms with Crippen molar-refractivity contribution in [2.24, 2.45) is 7.05 Å². The summed E-state index contributed by atoms with van der Waals surface area (Å²) in [7, 11) is 3.72. The quantitative estimate of drug-likeness (QED) is 0.748. The van der Waals surface area contributed by atoms with E-state index in [1.165, 1.54) is 31.5 Å². The van der Waals surface area contributed by atoms with Crippen LogP contribution in [-0.4, -0.2) is 54.1 Å². The Hall–Kier alpha value is -0.910. The highest BCUT2D eigenvalue weighted by Crippen LogP contribution is 2.18. The third-order valence-electron chi connectivity index (χ3n) is 3.75. The van der Waals surface area contributed by atoms with Crippen molar-refractivity contribution in [1.82, 2.24) is 20.0 Å². The molecule has 1 aliphatic rings. The van der Waals surface area contributed by atoms with Crippen LogP contribution >= 0.6 is 0 Å². The molecule has 1 saturated heterocycles. The van der Waals surface area contributed by atoms with Crippen molar-refractivity contribution in [3.05, 3.63) is 18.0 Å². The van der Waals surface area contributed by atoms with Crippen LogP contribution in [0.1, 0.15) is 25.0 Å². The summed E-state index contributed by atoms with van der Waals surface area (Å²) in [6.45, 7) is 4.93. The SMILES string of the molecule is COCCNCC1CCCCN1Cc1ccn(C)n1. The summed E-state index contributed by atoms with van der Waals surface area (Å²) >= 11 is 0. The Kier molecular flexibility index (Phi) is 5.82. The number of aryl methyl sites for hydroxylation is 1. The molecule has 1 N–H and O–H groups in total. The molecule has 2 rings (SSSR count). The maximum Gasteiger partial charge on any atom is 0.0764 e. The summed E-state index contributed by atoms with van der Waals surface area (Å²) in [5.41, 5.74) is 1.17. The number of hydrogen-bond donors (Lipinski definition) is 1. The molecule has 0 aliphatic carbocycles. The number of hydrogen-bond acceptors (Lipinski definition) is 4. The molecule has 1 aliphatic heterocycles. The van der Waals surface area contributed by atoms with Gasteiger partial charge in [0.2, 0.25) is 0 Å². The van der Waals surface area contributed by atoms with E-state index in [0.717, 1.165) is 26.2 Å². The van der Waals surface area contributed by atoms with Crippen LogP contribution in [0.5, 0.6) is 0 Å². The molecule has 1 atom stereocenters. The summed E-state index contributed by atoms with van der Waals surface area (Å²) in [6.07, 6.45) is 5.95. The number of likely N-dealkylation sites (tertiary alicyclic amines) is 1. The van der Waals surface area contributed by atoms with E-state index in [4.69, 9.17) is 4.74 Å². The molecule has 0 aromatic carbocycles. The van der Waals surface area contributed by atoms with Crippen LogP contribution in [0.4, 0.5) is 0 Å². The molecule has 1 unspecified atom stereocenters. The lowest BCUT2D eigenvalue weighted by Crippen LogP contribution is -2.45. The van der Waals surface area contributed by atoms with Gasteiger partial charge in [0.1, 0.15) is 0 Å². The van der Waals surface area contributed by atoms with Gasteiger partial charge in [0.15, 0.2) is 0 Å². The number of piperidine rings is 1. The van der Waals surface area contributed by atoms with E-state index in [-0.39, 0.29) is 0 Å². The summed E-state index contributed by atoms with van der Waals surface area (Å²) < 4.78 is 6.95. The van der Waals surface area contributed by atoms with E-state index in [2.05, 4.69) is 21.4 Å². The molecule has 0 spiro atoms. The van der Waals surface area contributed by atoms with Gasteiger partial charge in [-0.25, -0.2) is 0 Å². The van der Waals surface area contributed by atoms with Crippen molar-refractivity contribution in [2.75, 3.05) is 33.4 Å². The topological polar surface area (TPSA) is 42.3 Å². The van der Waals surface area contributed by atoms with Crippen LogP contribution in [0.25, 0.3) is 0 Å². The van der Waals surface area contributed by atoms with Crippen LogP contribution in [0.3, 0.4) is 0 Å². The minimum Gasteiger partial charge on any atom is -0.383 e. The molecule has 0 radical (unpaired) electrons. The zero-order valence-electron chi connectivity index (χ0n) is 12.1. The fraction of sp³-hybridized carbons (Fsp3) is 0.786. The molecule has 1 aromatic rings. The van der Waals surface area contributed by atoms with Crippen LogP contribution < -0.4 is 5.32 Å². The molecule has 2 heterocycles. The minimum absolute atomic E-state index is 0.632. The van der Waals surface area contributed by atoms with Crippen LogP contribution in [0.15, 0.2) is 12.3 Å². The normalized spacial score (nSPS) is 20.8. The second kappa shape index (κ2) is 7.62. The standard InChI is InChI=1S/C14H26N4O/c1-17-9-6-13(16-17)12-18-8-4-3-5-14(18)11-15-7-10-19-2/h6,9,14-15H,3-5,7-8,10-12H2,1-2H3. The predicted molar refractivity (Wildman–Crippen MR) is 76.0 cm³/mol. The maximum absolute atomic E-state index is 5.07. The average Bonchev–Trinajstić information content (AvgIpc) is 2.82. The van der Waals surface area contributed by atoms with Gasteiger partial charge < -0.3 is 10.1 Å². The molecule has 0 saturated carbocycles. The first-order chi connectivity index (χ1) is 9.29. The number of nitrogens with one attached hydrogen (secondary N) is 1. The van der Waals surface area contributed by atoms with E-state index in [1.54, 1.807) is 7.11 Å². The van der Waals surface area contributed by atoms with Gasteiger partial charge in [-0.1, -0.05) is 6.42 Å². The fourth-order valence-electron chi connectivity index (χ4n) is 2.70. The monoisotopic (exact) mass is 266 g/mol. The molecule has 108 valence electrons. The van der Waals surface area contributed by atoms with Gasteiger partial charge in [0.25, 0.3) is 0 Å². The lowest BCUT2D eigenvalue weighted by Gasteiger charge is -2.35.